The fourth-order valence-electron chi connectivity index (χ4n) is 14.6. The summed E-state index contributed by atoms with van der Waals surface area (Å²) in [7, 11) is -7.47. The number of halogens is 3. The van der Waals surface area contributed by atoms with Crippen LogP contribution in [0.15, 0.2) is 194 Å². The third kappa shape index (κ3) is 13.8. The minimum atomic E-state index is -4.51. The van der Waals surface area contributed by atoms with Gasteiger partial charge in [-0.25, -0.2) is 55.8 Å². The van der Waals surface area contributed by atoms with E-state index in [2.05, 4.69) is 70.0 Å². The van der Waals surface area contributed by atoms with Crippen LogP contribution in [0.1, 0.15) is 98.7 Å². The second-order valence-corrected chi connectivity index (χ2v) is 30.6. The molecule has 0 aliphatic carbocycles. The van der Waals surface area contributed by atoms with E-state index >= 15 is 0 Å². The van der Waals surface area contributed by atoms with Crippen molar-refractivity contribution in [2.24, 2.45) is 0 Å². The summed E-state index contributed by atoms with van der Waals surface area (Å²) in [4.78, 5) is 53.3. The zero-order valence-electron chi connectivity index (χ0n) is 56.7. The fourth-order valence-corrected chi connectivity index (χ4v) is 17.6. The lowest BCUT2D eigenvalue weighted by atomic mass is 9.96. The molecule has 0 unspecified atom stereocenters. The van der Waals surface area contributed by atoms with Gasteiger partial charge < -0.3 is 42.4 Å². The Bertz CT molecular complexity index is 5600. The smallest absolute Gasteiger partial charge is 0.382 e. The first kappa shape index (κ1) is 68.6. The minimum absolute atomic E-state index is 0.0232. The lowest BCUT2D eigenvalue weighted by molar-refractivity contribution is -0.130. The van der Waals surface area contributed by atoms with Gasteiger partial charge in [0.05, 0.1) is 40.2 Å². The van der Waals surface area contributed by atoms with E-state index < -0.39 is 38.4 Å². The molecule has 1 atom stereocenters. The number of imidazole rings is 3. The number of benzene rings is 5. The van der Waals surface area contributed by atoms with Gasteiger partial charge in [0.25, 0.3) is 0 Å². The van der Waals surface area contributed by atoms with Crippen molar-refractivity contribution in [3.8, 4) is 34.2 Å². The number of fused-ring (bicyclic) bond motifs is 6. The van der Waals surface area contributed by atoms with Gasteiger partial charge in [0.1, 0.15) is 68.6 Å². The number of alkyl halides is 3. The summed E-state index contributed by atoms with van der Waals surface area (Å²) in [5, 5.41) is 6.39. The van der Waals surface area contributed by atoms with Crippen molar-refractivity contribution in [2.75, 3.05) is 62.2 Å². The van der Waals surface area contributed by atoms with Crippen LogP contribution in [0.4, 0.5) is 35.4 Å². The molecule has 3 fully saturated rings. The Balaban J connectivity index is 0.000000126. The van der Waals surface area contributed by atoms with E-state index in [1.807, 2.05) is 130 Å². The van der Waals surface area contributed by atoms with E-state index in [4.69, 9.17) is 32.2 Å². The van der Waals surface area contributed by atoms with Crippen LogP contribution in [0.2, 0.25) is 0 Å². The zero-order chi connectivity index (χ0) is 72.0. The van der Waals surface area contributed by atoms with Crippen LogP contribution >= 0.6 is 0 Å². The average Bonchev–Trinajstić information content (AvgIpc) is 1.60. The SMILES string of the molecule is C[C@H](NC(=O)N1CCC(c2nc(-c3cc4ccccc4[nH]3)c3c(N)nccn23)CC1)c1ccccc1.Nc1nccn2c(C3CCN(S(=O)(=O)CCC(F)(F)F)CC3)nc(-c3cc4ccccc4[nH]3)c12.Nc1nccn2c(C3CCN(S(=O)(=O)c4ccccc4)CC3)nc(-c3cc4ccccc4[nH]3)c12. The van der Waals surface area contributed by atoms with Crippen LogP contribution in [0.3, 0.4) is 0 Å². The maximum atomic E-state index is 13.0. The lowest BCUT2D eigenvalue weighted by Crippen LogP contribution is -2.45. The number of rotatable bonds is 13. The normalized spacial score (nSPS) is 15.9. The predicted molar refractivity (Wildman–Crippen MR) is 396 cm³/mol. The number of carbonyl (C=O) groups excluding carboxylic acids is 1. The molecule has 24 nitrogen and oxygen atoms in total. The summed E-state index contributed by atoms with van der Waals surface area (Å²) in [6.07, 6.45) is 8.62. The van der Waals surface area contributed by atoms with Crippen LogP contribution in [0, 0.1) is 0 Å². The fraction of sp³-hybridized carbons (Fsp3) is 0.267. The zero-order valence-corrected chi connectivity index (χ0v) is 58.3. The molecule has 0 bridgehead atoms. The number of carbonyl (C=O) groups is 1. The molecule has 3 aliphatic rings. The van der Waals surface area contributed by atoms with Crippen LogP contribution in [-0.4, -0.2) is 146 Å². The number of aromatic nitrogens is 12. The van der Waals surface area contributed by atoms with E-state index in [1.165, 1.54) is 0 Å². The van der Waals surface area contributed by atoms with Gasteiger partial charge in [-0.05, 0) is 99.5 Å². The Labute approximate surface area is 596 Å². The molecule has 9 aromatic heterocycles. The molecule has 5 aromatic carbocycles. The van der Waals surface area contributed by atoms with Crippen molar-refractivity contribution in [1.29, 1.82) is 0 Å². The molecule has 29 heteroatoms. The largest absolute Gasteiger partial charge is 0.390 e. The summed E-state index contributed by atoms with van der Waals surface area (Å²) in [5.41, 5.74) is 30.1. The molecule has 12 heterocycles. The van der Waals surface area contributed by atoms with E-state index in [-0.39, 0.29) is 42.9 Å². The quantitative estimate of drug-likeness (QED) is 0.0564. The number of likely N-dealkylation sites (tertiary alicyclic amines) is 1. The number of nitrogens with zero attached hydrogens (tertiary/aromatic N) is 12. The van der Waals surface area contributed by atoms with Gasteiger partial charge in [0.2, 0.25) is 20.0 Å². The van der Waals surface area contributed by atoms with Gasteiger partial charge in [-0.3, -0.25) is 13.2 Å². The van der Waals surface area contributed by atoms with Crippen molar-refractivity contribution in [1.82, 2.24) is 76.9 Å². The van der Waals surface area contributed by atoms with E-state index in [0.717, 1.165) is 112 Å². The summed E-state index contributed by atoms with van der Waals surface area (Å²) in [5.74, 6) is 3.08. The molecule has 0 spiro atoms. The number of anilines is 3. The topological polar surface area (TPSA) is 323 Å². The number of nitrogens with one attached hydrogen (secondary N) is 4. The molecule has 0 saturated carbocycles. The highest BCUT2D eigenvalue weighted by atomic mass is 32.2. The van der Waals surface area contributed by atoms with Crippen molar-refractivity contribution in [3.63, 3.8) is 0 Å². The maximum Gasteiger partial charge on any atom is 0.390 e. The first-order valence-electron chi connectivity index (χ1n) is 34.5. The molecule has 3 saturated heterocycles. The number of sulfonamides is 2. The van der Waals surface area contributed by atoms with Gasteiger partial charge in [-0.2, -0.15) is 17.5 Å². The molecule has 104 heavy (non-hydrogen) atoms. The molecular formula is C75H76F3N19O5S2. The van der Waals surface area contributed by atoms with Gasteiger partial charge in [-0.1, -0.05) is 103 Å². The Morgan fingerprint density at radius 2 is 0.865 bits per heavy atom. The predicted octanol–water partition coefficient (Wildman–Crippen LogP) is 13.1. The maximum absolute atomic E-state index is 13.0. The number of nitrogens with two attached hydrogens (primary N) is 3. The first-order chi connectivity index (χ1) is 50.2. The Morgan fingerprint density at radius 1 is 0.510 bits per heavy atom. The summed E-state index contributed by atoms with van der Waals surface area (Å²) < 4.78 is 97.1. The van der Waals surface area contributed by atoms with E-state index in [9.17, 15) is 34.8 Å². The molecule has 3 aliphatic heterocycles. The van der Waals surface area contributed by atoms with Gasteiger partial charge in [0.15, 0.2) is 0 Å². The second kappa shape index (κ2) is 28.2. The van der Waals surface area contributed by atoms with Gasteiger partial charge >= 0.3 is 12.2 Å². The number of urea groups is 1. The molecule has 14 aromatic rings. The number of amides is 2. The van der Waals surface area contributed by atoms with E-state index in [0.29, 0.717) is 85.4 Å². The molecule has 17 rings (SSSR count). The van der Waals surface area contributed by atoms with Crippen LogP contribution in [-0.2, 0) is 20.0 Å². The van der Waals surface area contributed by atoms with Crippen molar-refractivity contribution in [3.05, 3.63) is 212 Å². The number of para-hydroxylation sites is 3. The summed E-state index contributed by atoms with van der Waals surface area (Å²) in [6, 6.07) is 48.8. The molecular weight excluding hydrogens is 1370 g/mol. The lowest BCUT2D eigenvalue weighted by Gasteiger charge is -2.32. The highest BCUT2D eigenvalue weighted by Gasteiger charge is 2.37. The monoisotopic (exact) mass is 1440 g/mol. The number of piperidine rings is 3. The average molecular weight is 1440 g/mol. The van der Waals surface area contributed by atoms with Crippen molar-refractivity contribution < 1.29 is 34.8 Å². The third-order valence-corrected chi connectivity index (χ3v) is 23.8. The van der Waals surface area contributed by atoms with Crippen LogP contribution in [0.5, 0.6) is 0 Å². The summed E-state index contributed by atoms with van der Waals surface area (Å²) >= 11 is 0. The Hall–Kier alpha value is -11.1. The van der Waals surface area contributed by atoms with Crippen LogP contribution in [0.25, 0.3) is 83.4 Å². The number of H-pyrrole nitrogens is 3. The van der Waals surface area contributed by atoms with Gasteiger partial charge in [-0.15, -0.1) is 0 Å². The molecule has 10 N–H and O–H groups in total. The van der Waals surface area contributed by atoms with E-state index in [1.54, 1.807) is 53.4 Å². The van der Waals surface area contributed by atoms with Gasteiger partial charge in [0, 0.05) is 127 Å². The van der Waals surface area contributed by atoms with Crippen molar-refractivity contribution >= 4 is 92.8 Å². The number of hydrogen-bond donors (Lipinski definition) is 7. The number of hydrogen-bond acceptors (Lipinski definition) is 14. The van der Waals surface area contributed by atoms with Crippen LogP contribution < -0.4 is 22.5 Å². The highest BCUT2D eigenvalue weighted by Crippen LogP contribution is 2.40. The number of aromatic amines is 3. The summed E-state index contributed by atoms with van der Waals surface area (Å²) in [6.45, 7) is 4.54. The standard InChI is InChI=1S/C28H29N7O.C25H24N6O2S.C22H23F3N6O2S/c1-18(19-7-3-2-4-8-19)31-28(36)34-14-11-20(12-15-34)27-33-24(25-26(29)30-13-16-35(25)27)23-17-21-9-5-6-10-22(21)32-23;26-24-23-22(21-16-18-6-4-5-9-20(18)28-21)29-25(31(23)15-12-27-24)17-10-13-30(14-11-17)34(32,33)19-7-2-1-3-8-19;23-22(24,25)7-12-34(32,33)30-9-5-14(6-10-30)21-29-18(19-20(26)27-8-11-31(19)21)17-13-15-3-1-2-4-16(15)28-17/h2-10,13,16-18,20,32H,11-12,14-15H2,1H3,(H2,29,30)(H,31,36);1-9,12,15-17,28H,10-11,13-14H2,(H2,26,27);1-4,8,11,13-14,28H,5-7,9-10,12H2,(H2,26,27)/t18-;;/m0../s1. The molecule has 0 radical (unpaired) electrons. The second-order valence-electron chi connectivity index (χ2n) is 26.5. The van der Waals surface area contributed by atoms with Crippen molar-refractivity contribution in [2.45, 2.75) is 86.7 Å². The number of nitrogen functional groups attached to an aromatic ring is 3. The molecule has 2 amide bonds. The third-order valence-electron chi connectivity index (χ3n) is 20.0. The highest BCUT2D eigenvalue weighted by molar-refractivity contribution is 7.89. The minimum Gasteiger partial charge on any atom is -0.382 e. The first-order valence-corrected chi connectivity index (χ1v) is 37.6. The Morgan fingerprint density at radius 3 is 1.25 bits per heavy atom. The Kier molecular flexibility index (Phi) is 18.6. The molecule has 534 valence electrons.